The molecule has 1 saturated heterocycles. The fraction of sp³-hybridized carbons (Fsp3) is 1.00. The molecule has 2 fully saturated rings. The van der Waals surface area contributed by atoms with Gasteiger partial charge in [0.1, 0.15) is 0 Å². The molecule has 0 radical (unpaired) electrons. The van der Waals surface area contributed by atoms with E-state index in [0.29, 0.717) is 6.61 Å². The van der Waals surface area contributed by atoms with Crippen molar-refractivity contribution in [3.8, 4) is 0 Å². The molecular formula is C15H29NO. The van der Waals surface area contributed by atoms with Crippen LogP contribution in [-0.2, 0) is 0 Å². The molecule has 1 aliphatic heterocycles. The van der Waals surface area contributed by atoms with Crippen LogP contribution in [0.5, 0.6) is 0 Å². The van der Waals surface area contributed by atoms with Crippen LogP contribution in [0, 0.1) is 5.41 Å². The van der Waals surface area contributed by atoms with Gasteiger partial charge in [-0.15, -0.1) is 0 Å². The summed E-state index contributed by atoms with van der Waals surface area (Å²) in [4.78, 5) is 2.70. The number of hydrogen-bond acceptors (Lipinski definition) is 2. The molecule has 100 valence electrons. The van der Waals surface area contributed by atoms with Crippen molar-refractivity contribution < 1.29 is 5.11 Å². The first-order valence-electron chi connectivity index (χ1n) is 7.64. The maximum atomic E-state index is 9.75. The van der Waals surface area contributed by atoms with E-state index in [2.05, 4.69) is 11.8 Å². The first-order chi connectivity index (χ1) is 8.29. The van der Waals surface area contributed by atoms with Gasteiger partial charge >= 0.3 is 0 Å². The quantitative estimate of drug-likeness (QED) is 0.814. The first-order valence-corrected chi connectivity index (χ1v) is 7.64. The second-order valence-corrected chi connectivity index (χ2v) is 6.25. The van der Waals surface area contributed by atoms with Gasteiger partial charge in [-0.05, 0) is 38.6 Å². The average Bonchev–Trinajstić information content (AvgIpc) is 2.70. The monoisotopic (exact) mass is 239 g/mol. The summed E-state index contributed by atoms with van der Waals surface area (Å²) in [6, 6.07) is 0.779. The van der Waals surface area contributed by atoms with E-state index in [9.17, 15) is 5.11 Å². The lowest BCUT2D eigenvalue weighted by atomic mass is 9.86. The van der Waals surface area contributed by atoms with E-state index in [0.717, 1.165) is 12.6 Å². The summed E-state index contributed by atoms with van der Waals surface area (Å²) in [7, 11) is 0. The average molecular weight is 239 g/mol. The minimum absolute atomic E-state index is 0.248. The molecule has 0 aromatic carbocycles. The van der Waals surface area contributed by atoms with E-state index in [1.165, 1.54) is 64.3 Å². The van der Waals surface area contributed by atoms with Gasteiger partial charge < -0.3 is 5.11 Å². The van der Waals surface area contributed by atoms with Crippen molar-refractivity contribution >= 4 is 0 Å². The fourth-order valence-electron chi connectivity index (χ4n) is 3.83. The number of aliphatic hydroxyl groups is 1. The second kappa shape index (κ2) is 6.19. The number of aliphatic hydroxyl groups excluding tert-OH is 1. The van der Waals surface area contributed by atoms with Gasteiger partial charge in [0.25, 0.3) is 0 Å². The summed E-state index contributed by atoms with van der Waals surface area (Å²) in [5, 5.41) is 9.75. The van der Waals surface area contributed by atoms with Gasteiger partial charge in [-0.2, -0.15) is 0 Å². The lowest BCUT2D eigenvalue weighted by Gasteiger charge is -2.37. The molecule has 1 aliphatic carbocycles. The Balaban J connectivity index is 1.98. The summed E-state index contributed by atoms with van der Waals surface area (Å²) in [6.45, 7) is 5.14. The van der Waals surface area contributed by atoms with Gasteiger partial charge in [0.2, 0.25) is 0 Å². The number of rotatable bonds is 4. The first kappa shape index (κ1) is 13.4. The van der Waals surface area contributed by atoms with Crippen molar-refractivity contribution in [1.82, 2.24) is 4.90 Å². The summed E-state index contributed by atoms with van der Waals surface area (Å²) in [5.41, 5.74) is 0.248. The summed E-state index contributed by atoms with van der Waals surface area (Å²) >= 11 is 0. The van der Waals surface area contributed by atoms with Gasteiger partial charge in [-0.1, -0.05) is 32.6 Å². The molecule has 1 heterocycles. The summed E-state index contributed by atoms with van der Waals surface area (Å²) in [5.74, 6) is 0. The molecule has 0 bridgehead atoms. The smallest absolute Gasteiger partial charge is 0.0499 e. The molecule has 0 aromatic heterocycles. The lowest BCUT2D eigenvalue weighted by Crippen LogP contribution is -2.43. The number of hydrogen-bond donors (Lipinski definition) is 1. The fourth-order valence-corrected chi connectivity index (χ4v) is 3.83. The largest absolute Gasteiger partial charge is 0.396 e. The number of likely N-dealkylation sites (tertiary alicyclic amines) is 1. The standard InChI is InChI=1S/C15H29NO/c1-2-14-8-4-3-7-11-16(14)12-15(13-17)9-5-6-10-15/h14,17H,2-13H2,1H3. The van der Waals surface area contributed by atoms with Gasteiger partial charge in [0.15, 0.2) is 0 Å². The Morgan fingerprint density at radius 2 is 1.88 bits per heavy atom. The molecule has 1 saturated carbocycles. The van der Waals surface area contributed by atoms with Crippen molar-refractivity contribution in [2.45, 2.75) is 70.8 Å². The van der Waals surface area contributed by atoms with E-state index in [1.807, 2.05) is 0 Å². The second-order valence-electron chi connectivity index (χ2n) is 6.25. The van der Waals surface area contributed by atoms with E-state index in [-0.39, 0.29) is 5.41 Å². The minimum atomic E-state index is 0.248. The van der Waals surface area contributed by atoms with Crippen molar-refractivity contribution in [2.75, 3.05) is 19.7 Å². The Bertz CT molecular complexity index is 223. The van der Waals surface area contributed by atoms with Crippen molar-refractivity contribution in [3.63, 3.8) is 0 Å². The molecule has 1 atom stereocenters. The molecule has 1 N–H and O–H groups in total. The molecule has 17 heavy (non-hydrogen) atoms. The lowest BCUT2D eigenvalue weighted by molar-refractivity contribution is 0.0576. The molecule has 0 spiro atoms. The molecular weight excluding hydrogens is 210 g/mol. The highest BCUT2D eigenvalue weighted by Gasteiger charge is 2.36. The molecule has 2 heteroatoms. The van der Waals surface area contributed by atoms with Crippen molar-refractivity contribution in [1.29, 1.82) is 0 Å². The minimum Gasteiger partial charge on any atom is -0.396 e. The molecule has 0 amide bonds. The topological polar surface area (TPSA) is 23.5 Å². The predicted octanol–water partition coefficient (Wildman–Crippen LogP) is 3.19. The van der Waals surface area contributed by atoms with Gasteiger partial charge in [0, 0.05) is 24.6 Å². The zero-order chi connectivity index (χ0) is 12.1. The van der Waals surface area contributed by atoms with Gasteiger partial charge in [-0.25, -0.2) is 0 Å². The SMILES string of the molecule is CCC1CCCCCN1CC1(CO)CCCC1. The van der Waals surface area contributed by atoms with Crippen LogP contribution in [0.15, 0.2) is 0 Å². The molecule has 2 aliphatic rings. The van der Waals surface area contributed by atoms with Crippen LogP contribution in [-0.4, -0.2) is 35.7 Å². The van der Waals surface area contributed by atoms with Crippen molar-refractivity contribution in [2.24, 2.45) is 5.41 Å². The Morgan fingerprint density at radius 3 is 2.53 bits per heavy atom. The summed E-state index contributed by atoms with van der Waals surface area (Å²) < 4.78 is 0. The zero-order valence-corrected chi connectivity index (χ0v) is 11.5. The zero-order valence-electron chi connectivity index (χ0n) is 11.5. The molecule has 0 aromatic rings. The van der Waals surface area contributed by atoms with Crippen molar-refractivity contribution in [3.05, 3.63) is 0 Å². The summed E-state index contributed by atoms with van der Waals surface area (Å²) in [6.07, 6.45) is 12.0. The van der Waals surface area contributed by atoms with Crippen LogP contribution in [0.4, 0.5) is 0 Å². The highest BCUT2D eigenvalue weighted by molar-refractivity contribution is 4.89. The van der Waals surface area contributed by atoms with Crippen LogP contribution in [0.1, 0.15) is 64.7 Å². The third-order valence-corrected chi connectivity index (χ3v) is 5.01. The number of nitrogens with zero attached hydrogens (tertiary/aromatic N) is 1. The normalized spacial score (nSPS) is 30.4. The van der Waals surface area contributed by atoms with Crippen LogP contribution in [0.25, 0.3) is 0 Å². The maximum absolute atomic E-state index is 9.75. The van der Waals surface area contributed by atoms with E-state index < -0.39 is 0 Å². The Kier molecular flexibility index (Phi) is 4.87. The van der Waals surface area contributed by atoms with Gasteiger partial charge in [0.05, 0.1) is 0 Å². The van der Waals surface area contributed by atoms with Crippen LogP contribution in [0.3, 0.4) is 0 Å². The van der Waals surface area contributed by atoms with Crippen LogP contribution < -0.4 is 0 Å². The van der Waals surface area contributed by atoms with E-state index >= 15 is 0 Å². The van der Waals surface area contributed by atoms with Crippen LogP contribution >= 0.6 is 0 Å². The van der Waals surface area contributed by atoms with Crippen LogP contribution in [0.2, 0.25) is 0 Å². The van der Waals surface area contributed by atoms with E-state index in [1.54, 1.807) is 0 Å². The third kappa shape index (κ3) is 3.23. The molecule has 2 rings (SSSR count). The molecule has 1 unspecified atom stereocenters. The maximum Gasteiger partial charge on any atom is 0.0499 e. The Labute approximate surface area is 106 Å². The Hall–Kier alpha value is -0.0800. The Morgan fingerprint density at radius 1 is 1.12 bits per heavy atom. The predicted molar refractivity (Wildman–Crippen MR) is 72.1 cm³/mol. The highest BCUT2D eigenvalue weighted by atomic mass is 16.3. The van der Waals surface area contributed by atoms with Gasteiger partial charge in [-0.3, -0.25) is 4.90 Å². The van der Waals surface area contributed by atoms with E-state index in [4.69, 9.17) is 0 Å². The highest BCUT2D eigenvalue weighted by Crippen LogP contribution is 2.39. The molecule has 2 nitrogen and oxygen atoms in total. The third-order valence-electron chi connectivity index (χ3n) is 5.01.